The molecular weight excluding hydrogens is 508 g/mol. The first-order chi connectivity index (χ1) is 17.7. The normalized spacial score (nSPS) is 19.7. The van der Waals surface area contributed by atoms with E-state index < -0.39 is 11.8 Å². The molecule has 1 atom stereocenters. The molecule has 2 aromatic rings. The standard InChI is InChI=1S/C24H28ClF2N7O3/c1-37-21-18(25)13-29-23(32-21)31-17-7-11-34(14-17)22(36)19-6-5-16(12-28-19)30-20(35)4-2-9-33-10-3-8-24(26,27)15-33/h2,4-6,12-13,17H,3,7-11,14-15H2,1H3,(H,30,35)(H,29,31,32)/b4-2+/t17-/m1/s1. The molecule has 2 N–H and O–H groups in total. The van der Waals surface area contributed by atoms with E-state index in [2.05, 4.69) is 25.6 Å². The predicted molar refractivity (Wildman–Crippen MR) is 134 cm³/mol. The number of carbonyl (C=O) groups is 2. The van der Waals surface area contributed by atoms with Crippen LogP contribution in [0.2, 0.25) is 5.02 Å². The molecule has 37 heavy (non-hydrogen) atoms. The molecule has 2 aliphatic rings. The lowest BCUT2D eigenvalue weighted by Crippen LogP contribution is -2.42. The Morgan fingerprint density at radius 3 is 2.84 bits per heavy atom. The molecule has 0 saturated carbocycles. The molecule has 13 heteroatoms. The van der Waals surface area contributed by atoms with Crippen molar-refractivity contribution in [1.29, 1.82) is 0 Å². The topological polar surface area (TPSA) is 113 Å². The first kappa shape index (κ1) is 26.7. The van der Waals surface area contributed by atoms with Crippen LogP contribution < -0.4 is 15.4 Å². The summed E-state index contributed by atoms with van der Waals surface area (Å²) in [7, 11) is 1.47. The number of rotatable bonds is 8. The fourth-order valence-electron chi connectivity index (χ4n) is 4.26. The fraction of sp³-hybridized carbons (Fsp3) is 0.458. The molecule has 2 fully saturated rings. The molecule has 0 spiro atoms. The molecule has 2 amide bonds. The second-order valence-electron chi connectivity index (χ2n) is 8.95. The Labute approximate surface area is 218 Å². The van der Waals surface area contributed by atoms with Crippen LogP contribution in [0, 0.1) is 0 Å². The SMILES string of the molecule is COc1nc(N[C@@H]2CCN(C(=O)c3ccc(NC(=O)/C=C/CN4CCCC(F)(F)C4)cn3)C2)ncc1Cl. The number of halogens is 3. The van der Waals surface area contributed by atoms with E-state index in [-0.39, 0.29) is 43.0 Å². The van der Waals surface area contributed by atoms with Crippen molar-refractivity contribution in [3.05, 3.63) is 47.4 Å². The van der Waals surface area contributed by atoms with Crippen molar-refractivity contribution in [2.75, 3.05) is 50.5 Å². The average molecular weight is 536 g/mol. The van der Waals surface area contributed by atoms with Crippen LogP contribution in [-0.4, -0.2) is 88.4 Å². The second kappa shape index (κ2) is 11.8. The molecule has 2 saturated heterocycles. The van der Waals surface area contributed by atoms with Gasteiger partial charge in [0.15, 0.2) is 0 Å². The maximum Gasteiger partial charge on any atom is 0.272 e. The lowest BCUT2D eigenvalue weighted by molar-refractivity contribution is -0.111. The zero-order valence-corrected chi connectivity index (χ0v) is 21.0. The Balaban J connectivity index is 1.24. The molecule has 0 bridgehead atoms. The number of hydrogen-bond donors (Lipinski definition) is 2. The quantitative estimate of drug-likeness (QED) is 0.496. The van der Waals surface area contributed by atoms with Gasteiger partial charge in [-0.1, -0.05) is 17.7 Å². The van der Waals surface area contributed by atoms with E-state index >= 15 is 0 Å². The molecule has 2 aliphatic heterocycles. The van der Waals surface area contributed by atoms with Crippen molar-refractivity contribution in [2.24, 2.45) is 0 Å². The van der Waals surface area contributed by atoms with Gasteiger partial charge in [-0.15, -0.1) is 0 Å². The number of ether oxygens (including phenoxy) is 1. The number of amides is 2. The number of nitrogens with one attached hydrogen (secondary N) is 2. The highest BCUT2D eigenvalue weighted by Gasteiger charge is 2.34. The smallest absolute Gasteiger partial charge is 0.272 e. The summed E-state index contributed by atoms with van der Waals surface area (Å²) in [5.74, 6) is -2.68. The summed E-state index contributed by atoms with van der Waals surface area (Å²) in [4.78, 5) is 40.9. The van der Waals surface area contributed by atoms with Crippen LogP contribution in [0.5, 0.6) is 5.88 Å². The number of methoxy groups -OCH3 is 1. The van der Waals surface area contributed by atoms with Gasteiger partial charge in [0.25, 0.3) is 11.8 Å². The zero-order chi connectivity index (χ0) is 26.4. The largest absolute Gasteiger partial charge is 0.480 e. The molecule has 4 heterocycles. The second-order valence-corrected chi connectivity index (χ2v) is 9.36. The van der Waals surface area contributed by atoms with Gasteiger partial charge >= 0.3 is 0 Å². The number of anilines is 2. The lowest BCUT2D eigenvalue weighted by Gasteiger charge is -2.31. The van der Waals surface area contributed by atoms with Gasteiger partial charge < -0.3 is 20.3 Å². The molecule has 0 aromatic carbocycles. The van der Waals surface area contributed by atoms with Gasteiger partial charge in [0.1, 0.15) is 10.7 Å². The summed E-state index contributed by atoms with van der Waals surface area (Å²) in [6, 6.07) is 3.10. The minimum atomic E-state index is -2.68. The van der Waals surface area contributed by atoms with Crippen molar-refractivity contribution in [2.45, 2.75) is 31.2 Å². The maximum absolute atomic E-state index is 13.5. The third-order valence-corrected chi connectivity index (χ3v) is 6.33. The Bertz CT molecular complexity index is 1150. The highest BCUT2D eigenvalue weighted by Crippen LogP contribution is 2.26. The van der Waals surface area contributed by atoms with Crippen molar-refractivity contribution >= 4 is 35.1 Å². The van der Waals surface area contributed by atoms with Crippen LogP contribution in [0.1, 0.15) is 29.8 Å². The van der Waals surface area contributed by atoms with Gasteiger partial charge in [0, 0.05) is 38.2 Å². The summed E-state index contributed by atoms with van der Waals surface area (Å²) >= 11 is 5.96. The van der Waals surface area contributed by atoms with Crippen LogP contribution in [0.4, 0.5) is 20.4 Å². The first-order valence-corrected chi connectivity index (χ1v) is 12.3. The summed E-state index contributed by atoms with van der Waals surface area (Å²) in [6.45, 7) is 1.54. The maximum atomic E-state index is 13.5. The average Bonchev–Trinajstić information content (AvgIpc) is 3.33. The van der Waals surface area contributed by atoms with Crippen LogP contribution >= 0.6 is 11.6 Å². The van der Waals surface area contributed by atoms with Gasteiger partial charge in [-0.25, -0.2) is 18.7 Å². The van der Waals surface area contributed by atoms with Crippen LogP contribution in [-0.2, 0) is 4.79 Å². The van der Waals surface area contributed by atoms with E-state index in [4.69, 9.17) is 16.3 Å². The van der Waals surface area contributed by atoms with Gasteiger partial charge in [0.2, 0.25) is 17.7 Å². The molecule has 0 unspecified atom stereocenters. The van der Waals surface area contributed by atoms with Crippen molar-refractivity contribution in [1.82, 2.24) is 24.8 Å². The number of carbonyl (C=O) groups excluding carboxylic acids is 2. The summed E-state index contributed by atoms with van der Waals surface area (Å²) in [5, 5.41) is 6.15. The summed E-state index contributed by atoms with van der Waals surface area (Å²) in [6.07, 6.45) is 6.77. The highest BCUT2D eigenvalue weighted by atomic mass is 35.5. The number of likely N-dealkylation sites (tertiary alicyclic amines) is 2. The van der Waals surface area contributed by atoms with Crippen molar-refractivity contribution < 1.29 is 23.1 Å². The number of piperidine rings is 1. The number of pyridine rings is 1. The van der Waals surface area contributed by atoms with Crippen molar-refractivity contribution in [3.63, 3.8) is 0 Å². The predicted octanol–water partition coefficient (Wildman–Crippen LogP) is 3.09. The first-order valence-electron chi connectivity index (χ1n) is 11.9. The minimum Gasteiger partial charge on any atom is -0.480 e. The number of nitrogens with zero attached hydrogens (tertiary/aromatic N) is 5. The Morgan fingerprint density at radius 1 is 1.27 bits per heavy atom. The van der Waals surface area contributed by atoms with E-state index in [0.29, 0.717) is 49.1 Å². The monoisotopic (exact) mass is 535 g/mol. The Morgan fingerprint density at radius 2 is 2.11 bits per heavy atom. The van der Waals surface area contributed by atoms with E-state index in [1.165, 1.54) is 25.6 Å². The molecule has 198 valence electrons. The molecule has 0 aliphatic carbocycles. The summed E-state index contributed by atoms with van der Waals surface area (Å²) in [5.41, 5.74) is 0.676. The third-order valence-electron chi connectivity index (χ3n) is 6.07. The minimum absolute atomic E-state index is 0.0451. The highest BCUT2D eigenvalue weighted by molar-refractivity contribution is 6.31. The number of aromatic nitrogens is 3. The molecule has 2 aromatic heterocycles. The third kappa shape index (κ3) is 7.32. The van der Waals surface area contributed by atoms with Crippen LogP contribution in [0.15, 0.2) is 36.7 Å². The fourth-order valence-corrected chi connectivity index (χ4v) is 4.43. The van der Waals surface area contributed by atoms with Gasteiger partial charge in [-0.2, -0.15) is 4.98 Å². The van der Waals surface area contributed by atoms with Crippen molar-refractivity contribution in [3.8, 4) is 5.88 Å². The van der Waals surface area contributed by atoms with Gasteiger partial charge in [-0.3, -0.25) is 14.5 Å². The molecule has 10 nitrogen and oxygen atoms in total. The zero-order valence-electron chi connectivity index (χ0n) is 20.3. The van der Waals surface area contributed by atoms with E-state index in [1.807, 2.05) is 0 Å². The number of hydrogen-bond acceptors (Lipinski definition) is 8. The summed E-state index contributed by atoms with van der Waals surface area (Å²) < 4.78 is 32.0. The molecule has 4 rings (SSSR count). The van der Waals surface area contributed by atoms with Crippen LogP contribution in [0.3, 0.4) is 0 Å². The Hall–Kier alpha value is -3.38. The number of alkyl halides is 2. The molecular formula is C24H28ClF2N7O3. The lowest BCUT2D eigenvalue weighted by atomic mass is 10.1. The Kier molecular flexibility index (Phi) is 8.49. The van der Waals surface area contributed by atoms with E-state index in [0.717, 1.165) is 0 Å². The molecule has 0 radical (unpaired) electrons. The van der Waals surface area contributed by atoms with Gasteiger partial charge in [-0.05, 0) is 31.5 Å². The van der Waals surface area contributed by atoms with Gasteiger partial charge in [0.05, 0.1) is 31.7 Å². The van der Waals surface area contributed by atoms with E-state index in [1.54, 1.807) is 28.0 Å². The van der Waals surface area contributed by atoms with Crippen LogP contribution in [0.25, 0.3) is 0 Å². The van der Waals surface area contributed by atoms with E-state index in [9.17, 15) is 18.4 Å².